The number of aryl methyl sites for hydroxylation is 2. The van der Waals surface area contributed by atoms with E-state index in [0.29, 0.717) is 34.8 Å². The van der Waals surface area contributed by atoms with Crippen LogP contribution in [0.15, 0.2) is 56.1 Å². The van der Waals surface area contributed by atoms with Gasteiger partial charge in [-0.3, -0.25) is 38.0 Å². The third kappa shape index (κ3) is 5.45. The average molecular weight is 592 g/mol. The zero-order valence-corrected chi connectivity index (χ0v) is 24.5. The van der Waals surface area contributed by atoms with Crippen molar-refractivity contribution in [2.75, 3.05) is 0 Å². The van der Waals surface area contributed by atoms with Crippen molar-refractivity contribution in [3.8, 4) is 0 Å². The molecule has 0 unspecified atom stereocenters. The first-order valence-corrected chi connectivity index (χ1v) is 13.9. The minimum absolute atomic E-state index is 0.00236. The van der Waals surface area contributed by atoms with Crippen LogP contribution < -0.4 is 22.5 Å². The van der Waals surface area contributed by atoms with Crippen LogP contribution >= 0.6 is 0 Å². The molecule has 1 aromatic carbocycles. The van der Waals surface area contributed by atoms with Crippen LogP contribution in [0.2, 0.25) is 0 Å². The van der Waals surface area contributed by atoms with Gasteiger partial charge in [-0.1, -0.05) is 31.4 Å². The minimum Gasteiger partial charge on any atom is -0.324 e. The molecule has 15 nitrogen and oxygen atoms in total. The van der Waals surface area contributed by atoms with E-state index in [-0.39, 0.29) is 16.9 Å². The van der Waals surface area contributed by atoms with Crippen LogP contribution in [0.4, 0.5) is 5.69 Å². The van der Waals surface area contributed by atoms with Gasteiger partial charge in [-0.05, 0) is 24.3 Å². The zero-order chi connectivity index (χ0) is 31.0. The SMILES string of the molecule is Cn1c(=O)c2c(ncn2CC2CCCCC2)n(C)c1=O.Cn1c(=O)c2c(ncn2Cc2ccc([N+](=O)[O-])cc2)n(C)c1=O. The number of benzene rings is 1. The molecule has 1 saturated carbocycles. The number of hydrogen-bond acceptors (Lipinski definition) is 8. The summed E-state index contributed by atoms with van der Waals surface area (Å²) in [6.45, 7) is 1.14. The molecule has 15 heteroatoms. The lowest BCUT2D eigenvalue weighted by Crippen LogP contribution is -2.37. The van der Waals surface area contributed by atoms with Gasteiger partial charge >= 0.3 is 11.4 Å². The highest BCUT2D eigenvalue weighted by molar-refractivity contribution is 5.70. The maximum Gasteiger partial charge on any atom is 0.332 e. The Labute approximate surface area is 244 Å². The molecule has 1 aliphatic carbocycles. The molecule has 0 N–H and O–H groups in total. The number of hydrogen-bond donors (Lipinski definition) is 0. The maximum atomic E-state index is 12.3. The summed E-state index contributed by atoms with van der Waals surface area (Å²) in [5.41, 5.74) is 0.975. The summed E-state index contributed by atoms with van der Waals surface area (Å²) >= 11 is 0. The molecule has 0 aliphatic heterocycles. The van der Waals surface area contributed by atoms with Crippen molar-refractivity contribution in [1.82, 2.24) is 37.4 Å². The number of nitro groups is 1. The summed E-state index contributed by atoms with van der Waals surface area (Å²) in [6, 6.07) is 6.05. The molecule has 0 radical (unpaired) electrons. The van der Waals surface area contributed by atoms with E-state index in [0.717, 1.165) is 21.2 Å². The van der Waals surface area contributed by atoms with Crippen LogP contribution in [-0.2, 0) is 41.3 Å². The summed E-state index contributed by atoms with van der Waals surface area (Å²) in [4.78, 5) is 67.0. The smallest absolute Gasteiger partial charge is 0.324 e. The molecule has 4 heterocycles. The fraction of sp³-hybridized carbons (Fsp3) is 0.429. The van der Waals surface area contributed by atoms with Gasteiger partial charge in [-0.15, -0.1) is 0 Å². The number of non-ortho nitro benzene ring substituents is 1. The van der Waals surface area contributed by atoms with E-state index in [9.17, 15) is 29.3 Å². The number of aromatic nitrogens is 8. The summed E-state index contributed by atoms with van der Waals surface area (Å²) < 4.78 is 8.47. The second-order valence-corrected chi connectivity index (χ2v) is 11.0. The van der Waals surface area contributed by atoms with E-state index >= 15 is 0 Å². The topological polar surface area (TPSA) is 167 Å². The van der Waals surface area contributed by atoms with Gasteiger partial charge in [0.1, 0.15) is 0 Å². The first-order chi connectivity index (χ1) is 20.5. The lowest BCUT2D eigenvalue weighted by atomic mass is 9.89. The van der Waals surface area contributed by atoms with E-state index in [1.54, 1.807) is 37.1 Å². The lowest BCUT2D eigenvalue weighted by molar-refractivity contribution is -0.384. The van der Waals surface area contributed by atoms with Crippen molar-refractivity contribution in [2.24, 2.45) is 34.1 Å². The maximum absolute atomic E-state index is 12.3. The molecule has 226 valence electrons. The van der Waals surface area contributed by atoms with Crippen LogP contribution in [0.25, 0.3) is 22.3 Å². The van der Waals surface area contributed by atoms with Crippen molar-refractivity contribution >= 4 is 28.0 Å². The minimum atomic E-state index is -0.470. The van der Waals surface area contributed by atoms with Crippen molar-refractivity contribution in [3.05, 3.63) is 94.3 Å². The van der Waals surface area contributed by atoms with E-state index in [1.807, 2.05) is 4.57 Å². The van der Waals surface area contributed by atoms with Crippen LogP contribution in [-0.4, -0.2) is 42.3 Å². The molecule has 6 rings (SSSR count). The van der Waals surface area contributed by atoms with Crippen LogP contribution in [0.5, 0.6) is 0 Å². The molecule has 0 bridgehead atoms. The highest BCUT2D eigenvalue weighted by Gasteiger charge is 2.19. The number of fused-ring (bicyclic) bond motifs is 2. The monoisotopic (exact) mass is 591 g/mol. The number of imidazole rings is 2. The molecule has 1 aliphatic rings. The highest BCUT2D eigenvalue weighted by Crippen LogP contribution is 2.25. The normalized spacial score (nSPS) is 13.8. The lowest BCUT2D eigenvalue weighted by Gasteiger charge is -2.22. The van der Waals surface area contributed by atoms with Crippen molar-refractivity contribution in [3.63, 3.8) is 0 Å². The van der Waals surface area contributed by atoms with Crippen molar-refractivity contribution in [2.45, 2.75) is 45.2 Å². The van der Waals surface area contributed by atoms with E-state index < -0.39 is 16.2 Å². The fourth-order valence-corrected chi connectivity index (χ4v) is 5.62. The van der Waals surface area contributed by atoms with Gasteiger partial charge in [0.2, 0.25) is 0 Å². The average Bonchev–Trinajstić information content (AvgIpc) is 3.62. The van der Waals surface area contributed by atoms with E-state index in [4.69, 9.17) is 0 Å². The Hall–Kier alpha value is -5.08. The Bertz CT molecular complexity index is 2070. The summed E-state index contributed by atoms with van der Waals surface area (Å²) in [5.74, 6) is 0.614. The molecule has 0 spiro atoms. The van der Waals surface area contributed by atoms with Crippen molar-refractivity contribution < 1.29 is 4.92 Å². The van der Waals surface area contributed by atoms with Gasteiger partial charge in [-0.25, -0.2) is 19.6 Å². The molecular weight excluding hydrogens is 558 g/mol. The number of nitrogens with zero attached hydrogens (tertiary/aromatic N) is 9. The predicted molar refractivity (Wildman–Crippen MR) is 159 cm³/mol. The number of nitro benzene ring substituents is 1. The Kier molecular flexibility index (Phi) is 7.98. The Morgan fingerprint density at radius 3 is 1.74 bits per heavy atom. The summed E-state index contributed by atoms with van der Waals surface area (Å²) in [7, 11) is 6.13. The summed E-state index contributed by atoms with van der Waals surface area (Å²) in [6.07, 6.45) is 9.46. The molecule has 0 saturated heterocycles. The van der Waals surface area contributed by atoms with Crippen LogP contribution in [0.1, 0.15) is 37.7 Å². The standard InChI is InChI=1S/C14H13N5O4.C14H20N4O2/c1-16-12-11(13(20)17(2)14(16)21)18(8-15-12)7-9-3-5-10(6-4-9)19(22)23;1-16-12-11(13(19)17(2)14(16)20)18(9-15-12)8-10-6-4-3-5-7-10/h3-6,8H,7H2,1-2H3;9-10H,3-8H2,1-2H3. The fourth-order valence-electron chi connectivity index (χ4n) is 5.62. The third-order valence-corrected chi connectivity index (χ3v) is 8.11. The third-order valence-electron chi connectivity index (χ3n) is 8.11. The predicted octanol–water partition coefficient (Wildman–Crippen LogP) is 1.40. The molecular formula is C28H33N9O6. The Morgan fingerprint density at radius 1 is 0.744 bits per heavy atom. The largest absolute Gasteiger partial charge is 0.332 e. The van der Waals surface area contributed by atoms with E-state index in [1.165, 1.54) is 73.8 Å². The first kappa shape index (κ1) is 29.4. The van der Waals surface area contributed by atoms with Gasteiger partial charge in [-0.2, -0.15) is 0 Å². The Balaban J connectivity index is 0.000000173. The summed E-state index contributed by atoms with van der Waals surface area (Å²) in [5, 5.41) is 10.7. The molecule has 43 heavy (non-hydrogen) atoms. The second kappa shape index (κ2) is 11.7. The van der Waals surface area contributed by atoms with E-state index in [2.05, 4.69) is 9.97 Å². The van der Waals surface area contributed by atoms with Crippen LogP contribution in [0, 0.1) is 16.0 Å². The van der Waals surface area contributed by atoms with Crippen LogP contribution in [0.3, 0.4) is 0 Å². The molecule has 0 amide bonds. The van der Waals surface area contributed by atoms with Crippen molar-refractivity contribution in [1.29, 1.82) is 0 Å². The molecule has 1 fully saturated rings. The molecule has 5 aromatic rings. The first-order valence-electron chi connectivity index (χ1n) is 13.9. The van der Waals surface area contributed by atoms with Gasteiger partial charge in [0.15, 0.2) is 22.3 Å². The van der Waals surface area contributed by atoms with Gasteiger partial charge in [0, 0.05) is 53.4 Å². The second-order valence-electron chi connectivity index (χ2n) is 11.0. The highest BCUT2D eigenvalue weighted by atomic mass is 16.6. The quantitative estimate of drug-likeness (QED) is 0.218. The Morgan fingerprint density at radius 2 is 1.23 bits per heavy atom. The molecule has 4 aromatic heterocycles. The van der Waals surface area contributed by atoms with Gasteiger partial charge < -0.3 is 9.13 Å². The number of rotatable bonds is 5. The molecule has 0 atom stereocenters. The zero-order valence-electron chi connectivity index (χ0n) is 24.5. The van der Waals surface area contributed by atoms with Gasteiger partial charge in [0.25, 0.3) is 16.8 Å². The van der Waals surface area contributed by atoms with Gasteiger partial charge in [0.05, 0.1) is 17.6 Å².